The highest BCUT2D eigenvalue weighted by molar-refractivity contribution is 9.10. The normalized spacial score (nSPS) is 14.3. The molecule has 0 radical (unpaired) electrons. The lowest BCUT2D eigenvalue weighted by molar-refractivity contribution is 0.0413. The van der Waals surface area contributed by atoms with Crippen molar-refractivity contribution in [3.05, 3.63) is 39.5 Å². The number of aromatic nitrogens is 2. The third-order valence-electron chi connectivity index (χ3n) is 3.53. The summed E-state index contributed by atoms with van der Waals surface area (Å²) in [4.78, 5) is 13.9. The molecule has 0 aliphatic carbocycles. The maximum Gasteiger partial charge on any atom is 0.415 e. The monoisotopic (exact) mass is 427 g/mol. The molecule has 3 rings (SSSR count). The third kappa shape index (κ3) is 4.39. The molecule has 7 nitrogen and oxygen atoms in total. The van der Waals surface area contributed by atoms with Crippen LogP contribution in [0.1, 0.15) is 5.56 Å². The second-order valence-corrected chi connectivity index (χ2v) is 6.53. The summed E-state index contributed by atoms with van der Waals surface area (Å²) in [5.74, 6) is 0.718. The SMILES string of the molecule is Cc1cccc(Br)c1Oc1nnc(Cl)cc1OC(=O)N1CCOCC1. The molecule has 1 fully saturated rings. The first kappa shape index (κ1) is 17.9. The predicted molar refractivity (Wildman–Crippen MR) is 94.4 cm³/mol. The Morgan fingerprint density at radius 3 is 2.80 bits per heavy atom. The highest BCUT2D eigenvalue weighted by Gasteiger charge is 2.22. The predicted octanol–water partition coefficient (Wildman–Crippen LogP) is 3.82. The van der Waals surface area contributed by atoms with Gasteiger partial charge >= 0.3 is 6.09 Å². The molecule has 0 unspecified atom stereocenters. The lowest BCUT2D eigenvalue weighted by Crippen LogP contribution is -2.42. The van der Waals surface area contributed by atoms with E-state index in [1.54, 1.807) is 4.90 Å². The standard InChI is InChI=1S/C16H15BrClN3O4/c1-10-3-2-4-11(17)14(10)25-15-12(9-13(18)19-20-15)24-16(22)21-5-7-23-8-6-21/h2-4,9H,5-8H2,1H3. The van der Waals surface area contributed by atoms with Crippen LogP contribution in [0.15, 0.2) is 28.7 Å². The van der Waals surface area contributed by atoms with E-state index in [9.17, 15) is 4.79 Å². The molecule has 0 atom stereocenters. The zero-order valence-corrected chi connectivity index (χ0v) is 15.7. The van der Waals surface area contributed by atoms with Crippen molar-refractivity contribution in [2.75, 3.05) is 26.3 Å². The number of aryl methyl sites for hydroxylation is 1. The van der Waals surface area contributed by atoms with Crippen LogP contribution in [0, 0.1) is 6.92 Å². The van der Waals surface area contributed by atoms with Crippen LogP contribution in [0.2, 0.25) is 5.15 Å². The first-order chi connectivity index (χ1) is 12.0. The van der Waals surface area contributed by atoms with E-state index < -0.39 is 6.09 Å². The molecule has 132 valence electrons. The lowest BCUT2D eigenvalue weighted by atomic mass is 10.2. The van der Waals surface area contributed by atoms with Gasteiger partial charge in [0, 0.05) is 19.2 Å². The van der Waals surface area contributed by atoms with Crippen LogP contribution in [0.5, 0.6) is 17.4 Å². The van der Waals surface area contributed by atoms with Crippen molar-refractivity contribution >= 4 is 33.6 Å². The summed E-state index contributed by atoms with van der Waals surface area (Å²) in [5.41, 5.74) is 0.886. The molecule has 1 aromatic carbocycles. The van der Waals surface area contributed by atoms with Crippen LogP contribution in [0.3, 0.4) is 0 Å². The van der Waals surface area contributed by atoms with Gasteiger partial charge in [0.2, 0.25) is 0 Å². The fourth-order valence-corrected chi connectivity index (χ4v) is 2.92. The van der Waals surface area contributed by atoms with Gasteiger partial charge in [-0.1, -0.05) is 23.7 Å². The highest BCUT2D eigenvalue weighted by Crippen LogP contribution is 2.36. The van der Waals surface area contributed by atoms with Crippen LogP contribution in [-0.4, -0.2) is 47.5 Å². The van der Waals surface area contributed by atoms with Gasteiger partial charge in [-0.05, 0) is 34.5 Å². The number of carbonyl (C=O) groups is 1. The molecule has 1 aliphatic rings. The Bertz CT molecular complexity index is 764. The number of hydrogen-bond acceptors (Lipinski definition) is 6. The number of carbonyl (C=O) groups excluding carboxylic acids is 1. The molecule has 0 spiro atoms. The van der Waals surface area contributed by atoms with Gasteiger partial charge in [-0.3, -0.25) is 0 Å². The number of ether oxygens (including phenoxy) is 3. The van der Waals surface area contributed by atoms with E-state index in [1.165, 1.54) is 6.07 Å². The molecule has 1 amide bonds. The first-order valence-corrected chi connectivity index (χ1v) is 8.72. The lowest BCUT2D eigenvalue weighted by Gasteiger charge is -2.26. The van der Waals surface area contributed by atoms with Gasteiger partial charge < -0.3 is 19.1 Å². The van der Waals surface area contributed by atoms with E-state index in [0.717, 1.165) is 10.0 Å². The Labute approximate surface area is 158 Å². The highest BCUT2D eigenvalue weighted by atomic mass is 79.9. The number of morpholine rings is 1. The Morgan fingerprint density at radius 2 is 2.08 bits per heavy atom. The summed E-state index contributed by atoms with van der Waals surface area (Å²) in [5, 5.41) is 7.77. The Morgan fingerprint density at radius 1 is 1.32 bits per heavy atom. The van der Waals surface area contributed by atoms with E-state index in [-0.39, 0.29) is 16.8 Å². The fourth-order valence-electron chi connectivity index (χ4n) is 2.23. The number of benzene rings is 1. The number of rotatable bonds is 3. The molecule has 1 saturated heterocycles. The number of hydrogen-bond donors (Lipinski definition) is 0. The van der Waals surface area contributed by atoms with Crippen molar-refractivity contribution in [1.82, 2.24) is 15.1 Å². The zero-order chi connectivity index (χ0) is 17.8. The number of nitrogens with zero attached hydrogens (tertiary/aromatic N) is 3. The Hall–Kier alpha value is -1.90. The minimum atomic E-state index is -0.513. The van der Waals surface area contributed by atoms with Gasteiger partial charge in [-0.15, -0.1) is 10.2 Å². The number of para-hydroxylation sites is 1. The molecule has 1 aromatic heterocycles. The maximum atomic E-state index is 12.3. The van der Waals surface area contributed by atoms with E-state index in [4.69, 9.17) is 25.8 Å². The Kier molecular flexibility index (Phi) is 5.72. The molecule has 25 heavy (non-hydrogen) atoms. The zero-order valence-electron chi connectivity index (χ0n) is 13.4. The van der Waals surface area contributed by atoms with Gasteiger partial charge in [0.1, 0.15) is 5.75 Å². The van der Waals surface area contributed by atoms with Gasteiger partial charge in [-0.25, -0.2) is 4.79 Å². The molecular formula is C16H15BrClN3O4. The van der Waals surface area contributed by atoms with Crippen molar-refractivity contribution in [2.45, 2.75) is 6.92 Å². The molecule has 1 aliphatic heterocycles. The van der Waals surface area contributed by atoms with Crippen LogP contribution in [-0.2, 0) is 4.74 Å². The molecule has 0 N–H and O–H groups in total. The van der Waals surface area contributed by atoms with E-state index >= 15 is 0 Å². The second kappa shape index (κ2) is 7.99. The van der Waals surface area contributed by atoms with E-state index in [2.05, 4.69) is 26.1 Å². The quantitative estimate of drug-likeness (QED) is 0.740. The maximum absolute atomic E-state index is 12.3. The van der Waals surface area contributed by atoms with Crippen molar-refractivity contribution in [2.24, 2.45) is 0 Å². The summed E-state index contributed by atoms with van der Waals surface area (Å²) in [6, 6.07) is 7.02. The molecule has 0 saturated carbocycles. The molecule has 9 heteroatoms. The van der Waals surface area contributed by atoms with Crippen LogP contribution < -0.4 is 9.47 Å². The average molecular weight is 429 g/mol. The van der Waals surface area contributed by atoms with Gasteiger partial charge in [0.15, 0.2) is 10.9 Å². The molecule has 0 bridgehead atoms. The summed E-state index contributed by atoms with van der Waals surface area (Å²) >= 11 is 9.32. The fraction of sp³-hybridized carbons (Fsp3) is 0.312. The van der Waals surface area contributed by atoms with Crippen molar-refractivity contribution in [3.63, 3.8) is 0 Å². The number of amides is 1. The van der Waals surface area contributed by atoms with Crippen molar-refractivity contribution in [1.29, 1.82) is 0 Å². The molecule has 2 heterocycles. The topological polar surface area (TPSA) is 73.8 Å². The largest absolute Gasteiger partial charge is 0.433 e. The first-order valence-electron chi connectivity index (χ1n) is 7.55. The van der Waals surface area contributed by atoms with Crippen LogP contribution in [0.4, 0.5) is 4.79 Å². The van der Waals surface area contributed by atoms with Crippen molar-refractivity contribution in [3.8, 4) is 17.4 Å². The Balaban J connectivity index is 1.84. The smallest absolute Gasteiger partial charge is 0.415 e. The van der Waals surface area contributed by atoms with E-state index in [0.29, 0.717) is 32.1 Å². The molecular weight excluding hydrogens is 414 g/mol. The summed E-state index contributed by atoms with van der Waals surface area (Å²) in [6.07, 6.45) is -0.513. The third-order valence-corrected chi connectivity index (χ3v) is 4.34. The summed E-state index contributed by atoms with van der Waals surface area (Å²) < 4.78 is 17.2. The minimum absolute atomic E-state index is 0.0565. The second-order valence-electron chi connectivity index (χ2n) is 5.29. The van der Waals surface area contributed by atoms with E-state index in [1.807, 2.05) is 25.1 Å². The van der Waals surface area contributed by atoms with Gasteiger partial charge in [-0.2, -0.15) is 0 Å². The van der Waals surface area contributed by atoms with Crippen LogP contribution >= 0.6 is 27.5 Å². The molecule has 2 aromatic rings. The summed E-state index contributed by atoms with van der Waals surface area (Å²) in [6.45, 7) is 3.77. The van der Waals surface area contributed by atoms with Gasteiger partial charge in [0.05, 0.1) is 17.7 Å². The number of halogens is 2. The summed E-state index contributed by atoms with van der Waals surface area (Å²) in [7, 11) is 0. The van der Waals surface area contributed by atoms with Gasteiger partial charge in [0.25, 0.3) is 5.88 Å². The van der Waals surface area contributed by atoms with Crippen molar-refractivity contribution < 1.29 is 19.0 Å². The minimum Gasteiger partial charge on any atom is -0.433 e. The average Bonchev–Trinajstić information content (AvgIpc) is 2.60. The van der Waals surface area contributed by atoms with Crippen LogP contribution in [0.25, 0.3) is 0 Å².